The molecule has 0 fully saturated rings. The normalized spacial score (nSPS) is 14.2. The highest BCUT2D eigenvalue weighted by Gasteiger charge is 2.34. The van der Waals surface area contributed by atoms with Crippen LogP contribution >= 0.6 is 69.6 Å². The van der Waals surface area contributed by atoms with Gasteiger partial charge in [0.25, 0.3) is 5.52 Å². The van der Waals surface area contributed by atoms with E-state index >= 15 is 0 Å². The Hall–Kier alpha value is -3.28. The highest BCUT2D eigenvalue weighted by molar-refractivity contribution is 6.67. The number of aromatic nitrogens is 4. The SMILES string of the molecule is CC[n+]1c(C=CC=C2Oc3ccccc3N2CCOCOc2ccc(-c3nc(C(Cl)(Cl)Cl)nc(C(Cl)(Cl)Cl)n3)cc2)oc2ccccc21. The van der Waals surface area contributed by atoms with Crippen molar-refractivity contribution in [3.8, 4) is 22.9 Å². The number of anilines is 1. The molecule has 3 aromatic carbocycles. The van der Waals surface area contributed by atoms with Gasteiger partial charge in [-0.25, -0.2) is 15.0 Å². The molecular formula is C33H26Cl6N5O4+. The standard InChI is InChI=1S/C33H26Cl6N5O4/c1-2-43-23-8-3-5-10-25(23)47-27(43)12-7-13-28-44(24-9-4-6-11-26(24)48-28)18-19-45-20-46-22-16-14-21(15-17-22)29-40-30(32(34,35)36)42-31(41-29)33(37,38)39/h3-17H,2,18-20H2,1H3/q+1. The summed E-state index contributed by atoms with van der Waals surface area (Å²) in [4.78, 5) is 14.5. The van der Waals surface area contributed by atoms with Gasteiger partial charge < -0.3 is 23.5 Å². The van der Waals surface area contributed by atoms with Gasteiger partial charge in [-0.05, 0) is 61.5 Å². The van der Waals surface area contributed by atoms with E-state index in [-0.39, 0.29) is 24.3 Å². The van der Waals surface area contributed by atoms with Gasteiger partial charge in [-0.1, -0.05) is 93.9 Å². The minimum absolute atomic E-state index is 0.0122. The zero-order chi connectivity index (χ0) is 33.9. The van der Waals surface area contributed by atoms with Crippen LogP contribution in [0.15, 0.2) is 95.2 Å². The van der Waals surface area contributed by atoms with Crippen molar-refractivity contribution in [1.29, 1.82) is 0 Å². The van der Waals surface area contributed by atoms with E-state index in [0.717, 1.165) is 35.0 Å². The maximum Gasteiger partial charge on any atom is 0.374 e. The number of ether oxygens (including phenoxy) is 3. The summed E-state index contributed by atoms with van der Waals surface area (Å²) in [6.45, 7) is 3.76. The number of fused-ring (bicyclic) bond motifs is 2. The van der Waals surface area contributed by atoms with E-state index in [1.807, 2.05) is 71.7 Å². The van der Waals surface area contributed by atoms with Crippen LogP contribution in [-0.2, 0) is 18.9 Å². The van der Waals surface area contributed by atoms with Gasteiger partial charge in [-0.3, -0.25) is 0 Å². The summed E-state index contributed by atoms with van der Waals surface area (Å²) < 4.78 is 22.0. The van der Waals surface area contributed by atoms with Crippen LogP contribution in [0.3, 0.4) is 0 Å². The molecule has 0 bridgehead atoms. The van der Waals surface area contributed by atoms with E-state index < -0.39 is 7.59 Å². The molecule has 6 rings (SSSR count). The molecule has 2 aromatic heterocycles. The van der Waals surface area contributed by atoms with Crippen molar-refractivity contribution in [1.82, 2.24) is 15.0 Å². The number of nitrogens with zero attached hydrogens (tertiary/aromatic N) is 5. The number of oxazole rings is 1. The number of benzene rings is 3. The fraction of sp³-hybridized carbons (Fsp3) is 0.212. The summed E-state index contributed by atoms with van der Waals surface area (Å²) in [6.07, 6.45) is 5.75. The smallest absolute Gasteiger partial charge is 0.374 e. The van der Waals surface area contributed by atoms with Crippen molar-refractivity contribution in [3.63, 3.8) is 0 Å². The van der Waals surface area contributed by atoms with Gasteiger partial charge in [-0.2, -0.15) is 4.57 Å². The van der Waals surface area contributed by atoms with Crippen molar-refractivity contribution < 1.29 is 23.2 Å². The molecule has 0 aliphatic carbocycles. The molecule has 3 heterocycles. The van der Waals surface area contributed by atoms with Crippen molar-refractivity contribution >= 4 is 92.5 Å². The van der Waals surface area contributed by atoms with Gasteiger partial charge in [0.05, 0.1) is 18.4 Å². The summed E-state index contributed by atoms with van der Waals surface area (Å²) >= 11 is 35.9. The molecule has 15 heteroatoms. The predicted octanol–water partition coefficient (Wildman–Crippen LogP) is 9.05. The van der Waals surface area contributed by atoms with Crippen LogP contribution in [0.1, 0.15) is 24.5 Å². The Labute approximate surface area is 306 Å². The van der Waals surface area contributed by atoms with Crippen LogP contribution in [0.25, 0.3) is 28.6 Å². The zero-order valence-corrected chi connectivity index (χ0v) is 29.7. The van der Waals surface area contributed by atoms with Gasteiger partial charge in [0.15, 0.2) is 30.0 Å². The quantitative estimate of drug-likeness (QED) is 0.0603. The molecule has 0 atom stereocenters. The third-order valence-corrected chi connectivity index (χ3v) is 8.10. The molecule has 0 unspecified atom stereocenters. The van der Waals surface area contributed by atoms with Crippen LogP contribution in [0.5, 0.6) is 11.5 Å². The Morgan fingerprint density at radius 3 is 2.25 bits per heavy atom. The molecule has 48 heavy (non-hydrogen) atoms. The lowest BCUT2D eigenvalue weighted by Gasteiger charge is -2.18. The number of rotatable bonds is 10. The molecule has 0 N–H and O–H groups in total. The number of alkyl halides is 6. The predicted molar refractivity (Wildman–Crippen MR) is 189 cm³/mol. The van der Waals surface area contributed by atoms with Crippen LogP contribution in [0.4, 0.5) is 5.69 Å². The highest BCUT2D eigenvalue weighted by Crippen LogP contribution is 2.41. The molecule has 0 amide bonds. The first-order chi connectivity index (χ1) is 23.0. The first-order valence-electron chi connectivity index (χ1n) is 14.6. The number of hydrogen-bond donors (Lipinski definition) is 0. The maximum atomic E-state index is 6.15. The Morgan fingerprint density at radius 1 is 0.854 bits per heavy atom. The summed E-state index contributed by atoms with van der Waals surface area (Å²) in [5.41, 5.74) is 3.38. The zero-order valence-electron chi connectivity index (χ0n) is 25.1. The molecule has 0 radical (unpaired) electrons. The Bertz CT molecular complexity index is 1940. The average molecular weight is 769 g/mol. The summed E-state index contributed by atoms with van der Waals surface area (Å²) in [6, 6.07) is 22.7. The number of hydrogen-bond acceptors (Lipinski definition) is 8. The van der Waals surface area contributed by atoms with Crippen LogP contribution < -0.4 is 18.9 Å². The monoisotopic (exact) mass is 766 g/mol. The fourth-order valence-corrected chi connectivity index (χ4v) is 5.41. The fourth-order valence-electron chi connectivity index (χ4n) is 4.91. The van der Waals surface area contributed by atoms with E-state index in [9.17, 15) is 0 Å². The third kappa shape index (κ3) is 7.95. The average Bonchev–Trinajstić information content (AvgIpc) is 3.61. The van der Waals surface area contributed by atoms with E-state index in [1.165, 1.54) is 0 Å². The lowest BCUT2D eigenvalue weighted by Crippen LogP contribution is -2.33. The Kier molecular flexibility index (Phi) is 10.6. The first-order valence-corrected chi connectivity index (χ1v) is 16.8. The first kappa shape index (κ1) is 34.6. The highest BCUT2D eigenvalue weighted by atomic mass is 35.6. The van der Waals surface area contributed by atoms with Crippen molar-refractivity contribution in [3.05, 3.63) is 108 Å². The molecule has 248 valence electrons. The van der Waals surface area contributed by atoms with Gasteiger partial charge in [-0.15, -0.1) is 0 Å². The lowest BCUT2D eigenvalue weighted by molar-refractivity contribution is -0.674. The minimum Gasteiger partial charge on any atom is -0.468 e. The van der Waals surface area contributed by atoms with Gasteiger partial charge in [0, 0.05) is 18.2 Å². The van der Waals surface area contributed by atoms with E-state index in [0.29, 0.717) is 30.3 Å². The summed E-state index contributed by atoms with van der Waals surface area (Å²) in [7, 11) is 0. The molecule has 0 saturated heterocycles. The molecule has 5 aromatic rings. The third-order valence-electron chi connectivity index (χ3n) is 7.09. The number of halogens is 6. The number of aryl methyl sites for hydroxylation is 1. The lowest BCUT2D eigenvalue weighted by atomic mass is 10.2. The molecule has 0 spiro atoms. The maximum absolute atomic E-state index is 6.15. The van der Waals surface area contributed by atoms with Crippen molar-refractivity contribution in [2.45, 2.75) is 21.1 Å². The van der Waals surface area contributed by atoms with Crippen LogP contribution in [-0.4, -0.2) is 34.9 Å². The second-order valence-corrected chi connectivity index (χ2v) is 14.8. The molecule has 1 aliphatic heterocycles. The van der Waals surface area contributed by atoms with Crippen molar-refractivity contribution in [2.75, 3.05) is 24.8 Å². The van der Waals surface area contributed by atoms with Gasteiger partial charge >= 0.3 is 5.89 Å². The van der Waals surface area contributed by atoms with Crippen LogP contribution in [0, 0.1) is 0 Å². The van der Waals surface area contributed by atoms with E-state index in [1.54, 1.807) is 24.3 Å². The Balaban J connectivity index is 1.07. The second-order valence-electron chi connectivity index (χ2n) is 10.2. The van der Waals surface area contributed by atoms with E-state index in [4.69, 9.17) is 88.2 Å². The number of allylic oxidation sites excluding steroid dienone is 2. The molecular weight excluding hydrogens is 743 g/mol. The van der Waals surface area contributed by atoms with Gasteiger partial charge in [0.1, 0.15) is 12.3 Å². The molecule has 0 saturated carbocycles. The summed E-state index contributed by atoms with van der Waals surface area (Å²) in [5.74, 6) is 2.53. The minimum atomic E-state index is -1.95. The van der Waals surface area contributed by atoms with Gasteiger partial charge in [0.2, 0.25) is 19.1 Å². The number of para-hydroxylation sites is 4. The topological polar surface area (TPSA) is 86.6 Å². The molecule has 9 nitrogen and oxygen atoms in total. The Morgan fingerprint density at radius 2 is 1.54 bits per heavy atom. The largest absolute Gasteiger partial charge is 0.468 e. The van der Waals surface area contributed by atoms with Crippen LogP contribution in [0.2, 0.25) is 0 Å². The van der Waals surface area contributed by atoms with Crippen molar-refractivity contribution in [2.24, 2.45) is 0 Å². The molecule has 1 aliphatic rings. The second kappa shape index (κ2) is 14.7. The van der Waals surface area contributed by atoms with E-state index in [2.05, 4.69) is 26.4 Å². The summed E-state index contributed by atoms with van der Waals surface area (Å²) in [5, 5.41) is 0.